The Morgan fingerprint density at radius 3 is 2.47 bits per heavy atom. The Labute approximate surface area is 89.3 Å². The van der Waals surface area contributed by atoms with Crippen LogP contribution < -0.4 is 5.73 Å². The van der Waals surface area contributed by atoms with Crippen LogP contribution in [0.1, 0.15) is 23.6 Å². The molecule has 1 rings (SSSR count). The molecule has 0 saturated carbocycles. The quantitative estimate of drug-likeness (QED) is 0.821. The summed E-state index contributed by atoms with van der Waals surface area (Å²) >= 11 is 0. The Morgan fingerprint density at radius 1 is 1.33 bits per heavy atom. The zero-order valence-electron chi connectivity index (χ0n) is 9.35. The molecule has 0 spiro atoms. The number of hydrogen-bond acceptors (Lipinski definition) is 1. The summed E-state index contributed by atoms with van der Waals surface area (Å²) in [5.74, 6) is 0. The zero-order chi connectivity index (χ0) is 11.6. The average Bonchev–Trinajstić information content (AvgIpc) is 2.10. The number of alkyl halides is 2. The molecule has 1 nitrogen and oxygen atoms in total. The second-order valence-corrected chi connectivity index (χ2v) is 4.41. The van der Waals surface area contributed by atoms with Crippen LogP contribution in [0.25, 0.3) is 0 Å². The van der Waals surface area contributed by atoms with E-state index in [1.165, 1.54) is 6.92 Å². The lowest BCUT2D eigenvalue weighted by Crippen LogP contribution is -2.46. The Hall–Kier alpha value is -0.960. The first-order chi connectivity index (χ1) is 6.83. The molecular formula is C12H17F2N. The van der Waals surface area contributed by atoms with E-state index >= 15 is 0 Å². The maximum atomic E-state index is 12.6. The van der Waals surface area contributed by atoms with Crippen molar-refractivity contribution in [1.29, 1.82) is 0 Å². The number of nitrogens with two attached hydrogens (primary N) is 1. The first-order valence-electron chi connectivity index (χ1n) is 4.96. The predicted octanol–water partition coefficient (Wildman–Crippen LogP) is 2.83. The van der Waals surface area contributed by atoms with Crippen molar-refractivity contribution in [3.63, 3.8) is 0 Å². The molecule has 1 unspecified atom stereocenters. The van der Waals surface area contributed by atoms with Crippen LogP contribution in [-0.2, 0) is 6.42 Å². The third kappa shape index (κ3) is 2.99. The van der Waals surface area contributed by atoms with Gasteiger partial charge in [-0.1, -0.05) is 23.8 Å². The first kappa shape index (κ1) is 12.1. The van der Waals surface area contributed by atoms with Crippen molar-refractivity contribution in [3.8, 4) is 0 Å². The predicted molar refractivity (Wildman–Crippen MR) is 58.2 cm³/mol. The van der Waals surface area contributed by atoms with Crippen molar-refractivity contribution in [2.24, 2.45) is 5.73 Å². The molecule has 0 heterocycles. The lowest BCUT2D eigenvalue weighted by atomic mass is 9.91. The van der Waals surface area contributed by atoms with Gasteiger partial charge in [-0.05, 0) is 38.3 Å². The van der Waals surface area contributed by atoms with E-state index in [1.807, 2.05) is 32.0 Å². The summed E-state index contributed by atoms with van der Waals surface area (Å²) in [5.41, 5.74) is 7.10. The number of benzene rings is 1. The van der Waals surface area contributed by atoms with Crippen LogP contribution in [0.5, 0.6) is 0 Å². The van der Waals surface area contributed by atoms with Crippen LogP contribution in [0.3, 0.4) is 0 Å². The summed E-state index contributed by atoms with van der Waals surface area (Å²) < 4.78 is 25.2. The lowest BCUT2D eigenvalue weighted by Gasteiger charge is -2.24. The van der Waals surface area contributed by atoms with Gasteiger partial charge in [0, 0.05) is 0 Å². The number of halogens is 2. The van der Waals surface area contributed by atoms with Crippen LogP contribution >= 0.6 is 0 Å². The van der Waals surface area contributed by atoms with Crippen molar-refractivity contribution < 1.29 is 8.78 Å². The highest BCUT2D eigenvalue weighted by Gasteiger charge is 2.30. The standard InChI is InChI=1S/C12H17F2N/c1-8-4-5-9(2)10(6-8)7-12(3,15)11(13)14/h4-6,11H,7,15H2,1-3H3. The van der Waals surface area contributed by atoms with Gasteiger partial charge in [0.2, 0.25) is 0 Å². The van der Waals surface area contributed by atoms with Gasteiger partial charge in [-0.25, -0.2) is 8.78 Å². The third-order valence-electron chi connectivity index (χ3n) is 2.57. The van der Waals surface area contributed by atoms with E-state index in [1.54, 1.807) is 0 Å². The molecule has 0 fully saturated rings. The van der Waals surface area contributed by atoms with E-state index in [9.17, 15) is 8.78 Å². The molecule has 0 aliphatic rings. The topological polar surface area (TPSA) is 26.0 Å². The summed E-state index contributed by atoms with van der Waals surface area (Å²) in [6, 6.07) is 5.82. The highest BCUT2D eigenvalue weighted by molar-refractivity contribution is 5.31. The van der Waals surface area contributed by atoms with Crippen molar-refractivity contribution >= 4 is 0 Å². The van der Waals surface area contributed by atoms with Crippen molar-refractivity contribution in [3.05, 3.63) is 34.9 Å². The number of aryl methyl sites for hydroxylation is 2. The molecule has 0 aliphatic heterocycles. The van der Waals surface area contributed by atoms with Gasteiger partial charge in [0.05, 0.1) is 5.54 Å². The van der Waals surface area contributed by atoms with E-state index in [-0.39, 0.29) is 6.42 Å². The number of hydrogen-bond donors (Lipinski definition) is 1. The Balaban J connectivity index is 2.94. The molecule has 1 aromatic rings. The fourth-order valence-electron chi connectivity index (χ4n) is 1.48. The van der Waals surface area contributed by atoms with E-state index in [0.29, 0.717) is 0 Å². The van der Waals surface area contributed by atoms with Crippen LogP contribution in [0.2, 0.25) is 0 Å². The Kier molecular flexibility index (Phi) is 3.45. The molecule has 3 heteroatoms. The molecule has 84 valence electrons. The minimum atomic E-state index is -2.50. The molecule has 0 bridgehead atoms. The number of rotatable bonds is 3. The molecule has 1 aromatic carbocycles. The smallest absolute Gasteiger partial charge is 0.256 e. The second kappa shape index (κ2) is 4.27. The molecule has 0 radical (unpaired) electrons. The van der Waals surface area contributed by atoms with E-state index in [4.69, 9.17) is 5.73 Å². The van der Waals surface area contributed by atoms with Gasteiger partial charge >= 0.3 is 0 Å². The summed E-state index contributed by atoms with van der Waals surface area (Å²) in [6.45, 7) is 5.24. The fourth-order valence-corrected chi connectivity index (χ4v) is 1.48. The average molecular weight is 213 g/mol. The molecule has 0 amide bonds. The molecule has 2 N–H and O–H groups in total. The molecular weight excluding hydrogens is 196 g/mol. The lowest BCUT2D eigenvalue weighted by molar-refractivity contribution is 0.0638. The van der Waals surface area contributed by atoms with E-state index in [0.717, 1.165) is 16.7 Å². The normalized spacial score (nSPS) is 15.4. The maximum absolute atomic E-state index is 12.6. The molecule has 0 aromatic heterocycles. The largest absolute Gasteiger partial charge is 0.320 e. The minimum Gasteiger partial charge on any atom is -0.320 e. The highest BCUT2D eigenvalue weighted by atomic mass is 19.3. The first-order valence-corrected chi connectivity index (χ1v) is 4.96. The van der Waals surface area contributed by atoms with Gasteiger partial charge in [0.25, 0.3) is 6.43 Å². The molecule has 1 atom stereocenters. The van der Waals surface area contributed by atoms with E-state index in [2.05, 4.69) is 0 Å². The summed E-state index contributed by atoms with van der Waals surface area (Å²) in [4.78, 5) is 0. The maximum Gasteiger partial charge on any atom is 0.256 e. The van der Waals surface area contributed by atoms with Gasteiger partial charge in [-0.15, -0.1) is 0 Å². The van der Waals surface area contributed by atoms with Crippen LogP contribution in [0.4, 0.5) is 8.78 Å². The minimum absolute atomic E-state index is 0.207. The van der Waals surface area contributed by atoms with Crippen LogP contribution in [0.15, 0.2) is 18.2 Å². The second-order valence-electron chi connectivity index (χ2n) is 4.41. The van der Waals surface area contributed by atoms with Crippen molar-refractivity contribution in [1.82, 2.24) is 0 Å². The SMILES string of the molecule is Cc1ccc(C)c(CC(C)(N)C(F)F)c1. The molecule has 15 heavy (non-hydrogen) atoms. The van der Waals surface area contributed by atoms with Gasteiger partial charge in [-0.2, -0.15) is 0 Å². The monoisotopic (exact) mass is 213 g/mol. The summed E-state index contributed by atoms with van der Waals surface area (Å²) in [7, 11) is 0. The van der Waals surface area contributed by atoms with Crippen LogP contribution in [-0.4, -0.2) is 12.0 Å². The van der Waals surface area contributed by atoms with Gasteiger partial charge in [0.1, 0.15) is 0 Å². The Morgan fingerprint density at radius 2 is 1.93 bits per heavy atom. The zero-order valence-corrected chi connectivity index (χ0v) is 9.35. The Bertz CT molecular complexity index is 345. The summed E-state index contributed by atoms with van der Waals surface area (Å²) in [6.07, 6.45) is -2.30. The molecule has 0 aliphatic carbocycles. The van der Waals surface area contributed by atoms with Gasteiger partial charge in [-0.3, -0.25) is 0 Å². The van der Waals surface area contributed by atoms with Crippen molar-refractivity contribution in [2.45, 2.75) is 39.2 Å². The summed E-state index contributed by atoms with van der Waals surface area (Å²) in [5, 5.41) is 0. The van der Waals surface area contributed by atoms with Gasteiger partial charge < -0.3 is 5.73 Å². The van der Waals surface area contributed by atoms with Gasteiger partial charge in [0.15, 0.2) is 0 Å². The highest BCUT2D eigenvalue weighted by Crippen LogP contribution is 2.21. The van der Waals surface area contributed by atoms with Crippen LogP contribution in [0, 0.1) is 13.8 Å². The fraction of sp³-hybridized carbons (Fsp3) is 0.500. The molecule has 0 saturated heterocycles. The van der Waals surface area contributed by atoms with Crippen molar-refractivity contribution in [2.75, 3.05) is 0 Å². The van der Waals surface area contributed by atoms with E-state index < -0.39 is 12.0 Å². The third-order valence-corrected chi connectivity index (χ3v) is 2.57.